The Morgan fingerprint density at radius 1 is 1.28 bits per heavy atom. The molecule has 3 aromatic rings. The molecule has 0 atom stereocenters. The van der Waals surface area contributed by atoms with E-state index in [2.05, 4.69) is 16.4 Å². The molecule has 0 bridgehead atoms. The molecule has 1 heterocycles. The molecule has 1 aliphatic carbocycles. The topological polar surface area (TPSA) is 78.2 Å². The number of ether oxygens (including phenoxy) is 1. The van der Waals surface area contributed by atoms with E-state index in [9.17, 15) is 10.4 Å². The van der Waals surface area contributed by atoms with E-state index in [1.807, 2.05) is 30.3 Å². The maximum Gasteiger partial charge on any atom is 0.0991 e. The molecule has 0 saturated heterocycles. The van der Waals surface area contributed by atoms with Gasteiger partial charge in [-0.25, -0.2) is 0 Å². The molecule has 0 aliphatic heterocycles. The van der Waals surface area contributed by atoms with E-state index in [0.29, 0.717) is 35.2 Å². The molecule has 1 aromatic heterocycles. The number of benzene rings is 2. The number of nitrogens with one attached hydrogen (secondary N) is 1. The first kappa shape index (κ1) is 19.7. The zero-order chi connectivity index (χ0) is 20.4. The van der Waals surface area contributed by atoms with Crippen LogP contribution in [0.5, 0.6) is 0 Å². The summed E-state index contributed by atoms with van der Waals surface area (Å²) in [5.74, 6) is 0.471. The summed E-state index contributed by atoms with van der Waals surface area (Å²) in [6.07, 6.45) is 3.97. The van der Waals surface area contributed by atoms with Crippen molar-refractivity contribution < 1.29 is 9.84 Å². The van der Waals surface area contributed by atoms with Gasteiger partial charge in [0.1, 0.15) is 0 Å². The second-order valence-electron chi connectivity index (χ2n) is 7.38. The SMILES string of the molecule is COCc1ccc(CNc2c(CO)cnc3c(C4CC4)cc(C#N)cc23)cc1Cl. The Morgan fingerprint density at radius 2 is 2.10 bits per heavy atom. The highest BCUT2D eigenvalue weighted by Gasteiger charge is 2.27. The Balaban J connectivity index is 1.71. The van der Waals surface area contributed by atoms with Gasteiger partial charge in [0.2, 0.25) is 0 Å². The number of halogens is 1. The Hall–Kier alpha value is -2.65. The van der Waals surface area contributed by atoms with Gasteiger partial charge in [0.05, 0.1) is 36.1 Å². The summed E-state index contributed by atoms with van der Waals surface area (Å²) in [6.45, 7) is 0.875. The van der Waals surface area contributed by atoms with Gasteiger partial charge in [0.15, 0.2) is 0 Å². The van der Waals surface area contributed by atoms with Crippen molar-refractivity contribution in [1.29, 1.82) is 5.26 Å². The number of fused-ring (bicyclic) bond motifs is 1. The van der Waals surface area contributed by atoms with Crippen molar-refractivity contribution in [3.63, 3.8) is 0 Å². The van der Waals surface area contributed by atoms with E-state index < -0.39 is 0 Å². The summed E-state index contributed by atoms with van der Waals surface area (Å²) in [5, 5.41) is 24.3. The number of hydrogen-bond acceptors (Lipinski definition) is 5. The Labute approximate surface area is 174 Å². The lowest BCUT2D eigenvalue weighted by Crippen LogP contribution is -2.06. The summed E-state index contributed by atoms with van der Waals surface area (Å²) in [7, 11) is 1.64. The minimum absolute atomic E-state index is 0.131. The highest BCUT2D eigenvalue weighted by atomic mass is 35.5. The summed E-state index contributed by atoms with van der Waals surface area (Å²) >= 11 is 6.35. The summed E-state index contributed by atoms with van der Waals surface area (Å²) in [4.78, 5) is 4.61. The molecule has 1 saturated carbocycles. The maximum absolute atomic E-state index is 9.85. The number of hydrogen-bond donors (Lipinski definition) is 2. The van der Waals surface area contributed by atoms with E-state index in [4.69, 9.17) is 16.3 Å². The summed E-state index contributed by atoms with van der Waals surface area (Å²) in [6, 6.07) is 11.9. The van der Waals surface area contributed by atoms with Crippen molar-refractivity contribution in [2.45, 2.75) is 38.5 Å². The number of nitriles is 1. The van der Waals surface area contributed by atoms with Crippen LogP contribution in [0.1, 0.15) is 46.6 Å². The average molecular weight is 408 g/mol. The third kappa shape index (κ3) is 4.06. The quantitative estimate of drug-likeness (QED) is 0.583. The molecule has 0 amide bonds. The number of aliphatic hydroxyl groups excluding tert-OH is 1. The second-order valence-corrected chi connectivity index (χ2v) is 7.78. The Kier molecular flexibility index (Phi) is 5.68. The largest absolute Gasteiger partial charge is 0.392 e. The van der Waals surface area contributed by atoms with Crippen LogP contribution in [0.25, 0.3) is 10.9 Å². The first-order valence-corrected chi connectivity index (χ1v) is 9.99. The molecule has 5 nitrogen and oxygen atoms in total. The van der Waals surface area contributed by atoms with Crippen molar-refractivity contribution in [3.8, 4) is 6.07 Å². The highest BCUT2D eigenvalue weighted by Crippen LogP contribution is 2.44. The summed E-state index contributed by atoms with van der Waals surface area (Å²) < 4.78 is 5.15. The molecule has 4 rings (SSSR count). The molecule has 6 heteroatoms. The van der Waals surface area contributed by atoms with Crippen LogP contribution in [0.2, 0.25) is 5.02 Å². The fourth-order valence-electron chi connectivity index (χ4n) is 3.63. The van der Waals surface area contributed by atoms with Gasteiger partial charge in [-0.2, -0.15) is 5.26 Å². The van der Waals surface area contributed by atoms with Crippen LogP contribution in [0.3, 0.4) is 0 Å². The molecule has 1 fully saturated rings. The van der Waals surface area contributed by atoms with Gasteiger partial charge < -0.3 is 15.2 Å². The van der Waals surface area contributed by atoms with Gasteiger partial charge in [0, 0.05) is 35.8 Å². The van der Waals surface area contributed by atoms with Gasteiger partial charge >= 0.3 is 0 Å². The predicted octanol–water partition coefficient (Wildman–Crippen LogP) is 4.89. The Morgan fingerprint density at radius 3 is 2.76 bits per heavy atom. The average Bonchev–Trinajstić information content (AvgIpc) is 3.58. The first-order chi connectivity index (χ1) is 14.1. The van der Waals surface area contributed by atoms with Gasteiger partial charge in [-0.05, 0) is 53.6 Å². The van der Waals surface area contributed by atoms with E-state index in [0.717, 1.165) is 46.1 Å². The van der Waals surface area contributed by atoms with Crippen molar-refractivity contribution in [2.24, 2.45) is 0 Å². The second kappa shape index (κ2) is 8.38. The summed E-state index contributed by atoms with van der Waals surface area (Å²) in [5.41, 5.74) is 6.12. The minimum atomic E-state index is -0.131. The van der Waals surface area contributed by atoms with Crippen molar-refractivity contribution >= 4 is 28.2 Å². The molecule has 2 N–H and O–H groups in total. The smallest absolute Gasteiger partial charge is 0.0991 e. The number of methoxy groups -OCH3 is 1. The molecular weight excluding hydrogens is 386 g/mol. The molecule has 0 unspecified atom stereocenters. The van der Waals surface area contributed by atoms with Gasteiger partial charge in [-0.15, -0.1) is 0 Å². The molecule has 148 valence electrons. The number of nitrogens with zero attached hydrogens (tertiary/aromatic N) is 2. The van der Waals surface area contributed by atoms with Crippen LogP contribution in [0, 0.1) is 11.3 Å². The first-order valence-electron chi connectivity index (χ1n) is 9.61. The van der Waals surface area contributed by atoms with Gasteiger partial charge in [0.25, 0.3) is 0 Å². The van der Waals surface area contributed by atoms with Crippen LogP contribution >= 0.6 is 11.6 Å². The minimum Gasteiger partial charge on any atom is -0.392 e. The molecule has 29 heavy (non-hydrogen) atoms. The van der Waals surface area contributed by atoms with Crippen molar-refractivity contribution in [2.75, 3.05) is 12.4 Å². The highest BCUT2D eigenvalue weighted by molar-refractivity contribution is 6.31. The fraction of sp³-hybridized carbons (Fsp3) is 0.304. The van der Waals surface area contributed by atoms with Crippen LogP contribution in [-0.4, -0.2) is 17.2 Å². The monoisotopic (exact) mass is 407 g/mol. The third-order valence-electron chi connectivity index (χ3n) is 5.28. The van der Waals surface area contributed by atoms with Crippen LogP contribution in [0.4, 0.5) is 5.69 Å². The lowest BCUT2D eigenvalue weighted by atomic mass is 9.99. The zero-order valence-electron chi connectivity index (χ0n) is 16.2. The third-order valence-corrected chi connectivity index (χ3v) is 5.63. The normalized spacial score (nSPS) is 13.4. The number of pyridine rings is 1. The zero-order valence-corrected chi connectivity index (χ0v) is 17.0. The van der Waals surface area contributed by atoms with Crippen LogP contribution < -0.4 is 5.32 Å². The number of anilines is 1. The predicted molar refractivity (Wildman–Crippen MR) is 114 cm³/mol. The van der Waals surface area contributed by atoms with E-state index >= 15 is 0 Å². The van der Waals surface area contributed by atoms with Crippen LogP contribution in [-0.2, 0) is 24.5 Å². The maximum atomic E-state index is 9.85. The van der Waals surface area contributed by atoms with E-state index in [-0.39, 0.29) is 6.61 Å². The van der Waals surface area contributed by atoms with E-state index in [1.54, 1.807) is 13.3 Å². The number of aliphatic hydroxyl groups is 1. The molecule has 2 aromatic carbocycles. The lowest BCUT2D eigenvalue weighted by Gasteiger charge is -2.16. The Bertz CT molecular complexity index is 1100. The fourth-order valence-corrected chi connectivity index (χ4v) is 3.89. The molecule has 0 radical (unpaired) electrons. The van der Waals surface area contributed by atoms with Crippen LogP contribution in [0.15, 0.2) is 36.5 Å². The van der Waals surface area contributed by atoms with E-state index in [1.165, 1.54) is 0 Å². The van der Waals surface area contributed by atoms with Crippen molar-refractivity contribution in [3.05, 3.63) is 69.4 Å². The molecule has 1 aliphatic rings. The van der Waals surface area contributed by atoms with Gasteiger partial charge in [-0.1, -0.05) is 23.7 Å². The standard InChI is InChI=1S/C23H22ClN3O2/c1-29-13-17-3-2-14(8-21(17)24)10-26-22-18(12-28)11-27-23-19(16-4-5-16)6-15(9-25)7-20(22)23/h2-3,6-8,11,16,28H,4-5,10,12-13H2,1H3,(H,26,27). The van der Waals surface area contributed by atoms with Crippen molar-refractivity contribution in [1.82, 2.24) is 4.98 Å². The lowest BCUT2D eigenvalue weighted by molar-refractivity contribution is 0.185. The molecular formula is C23H22ClN3O2. The number of rotatable bonds is 7. The van der Waals surface area contributed by atoms with Gasteiger partial charge in [-0.3, -0.25) is 4.98 Å². The number of aromatic nitrogens is 1. The molecule has 0 spiro atoms.